The van der Waals surface area contributed by atoms with Crippen LogP contribution in [0.15, 0.2) is 0 Å². The van der Waals surface area contributed by atoms with Gasteiger partial charge in [-0.2, -0.15) is 0 Å². The molecule has 86 valence electrons. The maximum atomic E-state index is 12.0. The van der Waals surface area contributed by atoms with Gasteiger partial charge in [0.05, 0.1) is 6.10 Å². The fraction of sp³-hybridized carbons (Fsp3) is 0.917. The minimum atomic E-state index is -0.603. The topological polar surface area (TPSA) is 38.8 Å². The van der Waals surface area contributed by atoms with E-state index in [9.17, 15) is 4.79 Å². The predicted octanol–water partition coefficient (Wildman–Crippen LogP) is 2.43. The third-order valence-corrected chi connectivity index (χ3v) is 3.65. The van der Waals surface area contributed by atoms with Gasteiger partial charge in [0.2, 0.25) is 0 Å². The first-order valence-corrected chi connectivity index (χ1v) is 5.97. The SMILES string of the molecule is CCC1(C(=O)OC(C)C)OC12CCCC2. The van der Waals surface area contributed by atoms with Crippen LogP contribution in [0.1, 0.15) is 52.9 Å². The molecule has 1 spiro atoms. The van der Waals surface area contributed by atoms with Gasteiger partial charge in [0.1, 0.15) is 5.60 Å². The van der Waals surface area contributed by atoms with Crippen molar-refractivity contribution >= 4 is 5.97 Å². The lowest BCUT2D eigenvalue weighted by Gasteiger charge is -2.15. The van der Waals surface area contributed by atoms with Gasteiger partial charge in [0, 0.05) is 0 Å². The lowest BCUT2D eigenvalue weighted by Crippen LogP contribution is -2.35. The highest BCUT2D eigenvalue weighted by Gasteiger charge is 2.74. The molecule has 1 saturated heterocycles. The van der Waals surface area contributed by atoms with Crippen molar-refractivity contribution in [2.24, 2.45) is 0 Å². The Hall–Kier alpha value is -0.570. The quantitative estimate of drug-likeness (QED) is 0.532. The molecule has 0 aromatic rings. The van der Waals surface area contributed by atoms with E-state index in [1.54, 1.807) is 0 Å². The first kappa shape index (κ1) is 10.9. The van der Waals surface area contributed by atoms with Crippen LogP contribution in [-0.2, 0) is 14.3 Å². The first-order chi connectivity index (χ1) is 7.06. The maximum Gasteiger partial charge on any atom is 0.341 e. The lowest BCUT2D eigenvalue weighted by molar-refractivity contribution is -0.154. The fourth-order valence-electron chi connectivity index (χ4n) is 2.84. The highest BCUT2D eigenvalue weighted by molar-refractivity contribution is 5.85. The molecule has 2 rings (SSSR count). The molecule has 2 fully saturated rings. The van der Waals surface area contributed by atoms with Crippen molar-refractivity contribution in [1.29, 1.82) is 0 Å². The second-order valence-electron chi connectivity index (χ2n) is 4.94. The summed E-state index contributed by atoms with van der Waals surface area (Å²) in [7, 11) is 0. The second-order valence-corrected chi connectivity index (χ2v) is 4.94. The molecule has 0 aromatic heterocycles. The van der Waals surface area contributed by atoms with Gasteiger partial charge >= 0.3 is 5.97 Å². The molecular formula is C12H20O3. The van der Waals surface area contributed by atoms with Crippen molar-refractivity contribution < 1.29 is 14.3 Å². The number of hydrogen-bond donors (Lipinski definition) is 0. The van der Waals surface area contributed by atoms with Crippen LogP contribution in [0.3, 0.4) is 0 Å². The number of carbonyl (C=O) groups is 1. The summed E-state index contributed by atoms with van der Waals surface area (Å²) in [6.45, 7) is 5.77. The summed E-state index contributed by atoms with van der Waals surface area (Å²) in [6.07, 6.45) is 5.08. The van der Waals surface area contributed by atoms with Crippen molar-refractivity contribution in [2.45, 2.75) is 70.2 Å². The van der Waals surface area contributed by atoms with Gasteiger partial charge < -0.3 is 9.47 Å². The van der Waals surface area contributed by atoms with Gasteiger partial charge in [-0.25, -0.2) is 4.79 Å². The smallest absolute Gasteiger partial charge is 0.341 e. The third kappa shape index (κ3) is 1.48. The largest absolute Gasteiger partial charge is 0.461 e. The Morgan fingerprint density at radius 3 is 2.47 bits per heavy atom. The zero-order chi connectivity index (χ0) is 11.1. The molecule has 1 atom stereocenters. The zero-order valence-corrected chi connectivity index (χ0v) is 9.84. The van der Waals surface area contributed by atoms with E-state index in [-0.39, 0.29) is 17.7 Å². The van der Waals surface area contributed by atoms with Crippen LogP contribution < -0.4 is 0 Å². The van der Waals surface area contributed by atoms with Crippen molar-refractivity contribution in [1.82, 2.24) is 0 Å². The van der Waals surface area contributed by atoms with E-state index in [1.807, 2.05) is 20.8 Å². The molecule has 3 heteroatoms. The molecule has 15 heavy (non-hydrogen) atoms. The highest BCUT2D eigenvalue weighted by atomic mass is 16.7. The van der Waals surface area contributed by atoms with Gasteiger partial charge in [-0.1, -0.05) is 19.8 Å². The second kappa shape index (κ2) is 3.48. The number of epoxide rings is 1. The van der Waals surface area contributed by atoms with Crippen molar-refractivity contribution in [3.63, 3.8) is 0 Å². The molecule has 0 radical (unpaired) electrons. The van der Waals surface area contributed by atoms with Crippen molar-refractivity contribution in [2.75, 3.05) is 0 Å². The Labute approximate surface area is 91.1 Å². The van der Waals surface area contributed by atoms with Crippen molar-refractivity contribution in [3.05, 3.63) is 0 Å². The average molecular weight is 212 g/mol. The van der Waals surface area contributed by atoms with E-state index in [1.165, 1.54) is 12.8 Å². The van der Waals surface area contributed by atoms with E-state index in [2.05, 4.69) is 0 Å². The predicted molar refractivity (Wildman–Crippen MR) is 56.5 cm³/mol. The van der Waals surface area contributed by atoms with E-state index >= 15 is 0 Å². The molecule has 1 aliphatic carbocycles. The number of rotatable bonds is 3. The van der Waals surface area contributed by atoms with Crippen molar-refractivity contribution in [3.8, 4) is 0 Å². The maximum absolute atomic E-state index is 12.0. The Kier molecular flexibility index (Phi) is 2.53. The molecule has 3 nitrogen and oxygen atoms in total. The van der Waals surface area contributed by atoms with Crippen LogP contribution in [0.2, 0.25) is 0 Å². The summed E-state index contributed by atoms with van der Waals surface area (Å²) in [6, 6.07) is 0. The molecule has 1 saturated carbocycles. The molecule has 1 aliphatic heterocycles. The molecule has 1 unspecified atom stereocenters. The number of carbonyl (C=O) groups excluding carboxylic acids is 1. The van der Waals surface area contributed by atoms with Crippen LogP contribution in [0.4, 0.5) is 0 Å². The van der Waals surface area contributed by atoms with Gasteiger partial charge in [0.25, 0.3) is 0 Å². The monoisotopic (exact) mass is 212 g/mol. The highest BCUT2D eigenvalue weighted by Crippen LogP contribution is 2.60. The normalized spacial score (nSPS) is 32.3. The molecule has 0 N–H and O–H groups in total. The van der Waals surface area contributed by atoms with Crippen LogP contribution in [0.25, 0.3) is 0 Å². The van der Waals surface area contributed by atoms with Crippen LogP contribution in [0.5, 0.6) is 0 Å². The number of hydrogen-bond acceptors (Lipinski definition) is 3. The van der Waals surface area contributed by atoms with E-state index in [0.29, 0.717) is 0 Å². The molecule has 0 bridgehead atoms. The summed E-state index contributed by atoms with van der Waals surface area (Å²) in [5.41, 5.74) is -0.762. The Morgan fingerprint density at radius 2 is 2.00 bits per heavy atom. The van der Waals surface area contributed by atoms with E-state index in [0.717, 1.165) is 19.3 Å². The fourth-order valence-corrected chi connectivity index (χ4v) is 2.84. The zero-order valence-electron chi connectivity index (χ0n) is 9.84. The Balaban J connectivity index is 2.08. The third-order valence-electron chi connectivity index (χ3n) is 3.65. The molecule has 1 heterocycles. The van der Waals surface area contributed by atoms with E-state index in [4.69, 9.17) is 9.47 Å². The molecular weight excluding hydrogens is 192 g/mol. The standard InChI is InChI=1S/C12H20O3/c1-4-12(10(13)14-9(2)3)11(15-12)7-5-6-8-11/h9H,4-8H2,1-3H3. The van der Waals surface area contributed by atoms with Gasteiger partial charge in [-0.3, -0.25) is 0 Å². The lowest BCUT2D eigenvalue weighted by atomic mass is 9.89. The summed E-state index contributed by atoms with van der Waals surface area (Å²) in [5, 5.41) is 0. The number of ether oxygens (including phenoxy) is 2. The number of esters is 1. The summed E-state index contributed by atoms with van der Waals surface area (Å²) in [5.74, 6) is -0.151. The minimum Gasteiger partial charge on any atom is -0.461 e. The molecule has 0 aromatic carbocycles. The van der Waals surface area contributed by atoms with Crippen LogP contribution in [0, 0.1) is 0 Å². The molecule has 0 amide bonds. The van der Waals surface area contributed by atoms with Gasteiger partial charge in [0.15, 0.2) is 5.60 Å². The Morgan fingerprint density at radius 1 is 1.40 bits per heavy atom. The van der Waals surface area contributed by atoms with Gasteiger partial charge in [-0.05, 0) is 33.1 Å². The minimum absolute atomic E-state index is 0.0522. The van der Waals surface area contributed by atoms with E-state index < -0.39 is 5.60 Å². The average Bonchev–Trinajstić information content (AvgIpc) is 2.53. The summed E-state index contributed by atoms with van der Waals surface area (Å²) in [4.78, 5) is 12.0. The van der Waals surface area contributed by atoms with Crippen LogP contribution >= 0.6 is 0 Å². The van der Waals surface area contributed by atoms with Gasteiger partial charge in [-0.15, -0.1) is 0 Å². The summed E-state index contributed by atoms with van der Waals surface area (Å²) >= 11 is 0. The summed E-state index contributed by atoms with van der Waals surface area (Å²) < 4.78 is 11.1. The molecule has 2 aliphatic rings. The van der Waals surface area contributed by atoms with Crippen LogP contribution in [-0.4, -0.2) is 23.3 Å². The first-order valence-electron chi connectivity index (χ1n) is 5.97. The Bertz CT molecular complexity index is 266.